The Morgan fingerprint density at radius 3 is 2.53 bits per heavy atom. The first-order chi connectivity index (χ1) is 9.11. The molecular formula is C14H22N2O2S. The van der Waals surface area contributed by atoms with Crippen LogP contribution in [0.25, 0.3) is 0 Å². The molecule has 0 bridgehead atoms. The molecule has 0 radical (unpaired) electrons. The second-order valence-electron chi connectivity index (χ2n) is 5.05. The summed E-state index contributed by atoms with van der Waals surface area (Å²) in [7, 11) is -3.09. The van der Waals surface area contributed by atoms with Gasteiger partial charge in [-0.3, -0.25) is 0 Å². The van der Waals surface area contributed by atoms with Crippen molar-refractivity contribution >= 4 is 10.0 Å². The summed E-state index contributed by atoms with van der Waals surface area (Å²) >= 11 is 0. The number of sulfonamides is 1. The fourth-order valence-corrected chi connectivity index (χ4v) is 3.44. The van der Waals surface area contributed by atoms with Crippen molar-refractivity contribution in [2.45, 2.75) is 31.7 Å². The largest absolute Gasteiger partial charge is 0.313 e. The number of benzene rings is 1. The Morgan fingerprint density at radius 2 is 1.89 bits per heavy atom. The van der Waals surface area contributed by atoms with Crippen LogP contribution in [0.3, 0.4) is 0 Å². The van der Waals surface area contributed by atoms with E-state index in [1.54, 1.807) is 6.92 Å². The molecule has 19 heavy (non-hydrogen) atoms. The first-order valence-electron chi connectivity index (χ1n) is 6.86. The summed E-state index contributed by atoms with van der Waals surface area (Å²) in [6.07, 6.45) is 2.20. The maximum atomic E-state index is 11.5. The molecule has 106 valence electrons. The Morgan fingerprint density at radius 1 is 1.21 bits per heavy atom. The van der Waals surface area contributed by atoms with Gasteiger partial charge >= 0.3 is 0 Å². The van der Waals surface area contributed by atoms with Gasteiger partial charge in [-0.2, -0.15) is 0 Å². The zero-order chi connectivity index (χ0) is 13.7. The van der Waals surface area contributed by atoms with Crippen molar-refractivity contribution in [3.8, 4) is 0 Å². The van der Waals surface area contributed by atoms with Gasteiger partial charge in [0.05, 0.1) is 5.75 Å². The van der Waals surface area contributed by atoms with Gasteiger partial charge in [0.15, 0.2) is 0 Å². The average molecular weight is 282 g/mol. The molecule has 1 aromatic rings. The van der Waals surface area contributed by atoms with E-state index in [0.717, 1.165) is 12.8 Å². The topological polar surface area (TPSA) is 58.2 Å². The fraction of sp³-hybridized carbons (Fsp3) is 0.571. The number of nitrogens with one attached hydrogen (secondary N) is 2. The molecule has 0 saturated heterocycles. The smallest absolute Gasteiger partial charge is 0.212 e. The summed E-state index contributed by atoms with van der Waals surface area (Å²) in [6.45, 7) is 2.78. The predicted octanol–water partition coefficient (Wildman–Crippen LogP) is 1.46. The lowest BCUT2D eigenvalue weighted by Crippen LogP contribution is -2.43. The highest BCUT2D eigenvalue weighted by Crippen LogP contribution is 2.36. The van der Waals surface area contributed by atoms with Gasteiger partial charge in [-0.25, -0.2) is 13.1 Å². The van der Waals surface area contributed by atoms with E-state index in [9.17, 15) is 8.42 Å². The summed E-state index contributed by atoms with van der Waals surface area (Å²) in [5, 5.41) is 3.31. The van der Waals surface area contributed by atoms with Crippen LogP contribution in [0.1, 0.15) is 31.2 Å². The quantitative estimate of drug-likeness (QED) is 0.796. The van der Waals surface area contributed by atoms with E-state index in [0.29, 0.717) is 25.0 Å². The zero-order valence-electron chi connectivity index (χ0n) is 11.3. The van der Waals surface area contributed by atoms with Crippen molar-refractivity contribution in [1.82, 2.24) is 10.0 Å². The molecule has 0 atom stereocenters. The molecule has 0 amide bonds. The highest BCUT2D eigenvalue weighted by atomic mass is 32.2. The molecule has 4 nitrogen and oxygen atoms in total. The zero-order valence-corrected chi connectivity index (χ0v) is 12.1. The van der Waals surface area contributed by atoms with E-state index >= 15 is 0 Å². The Hall–Kier alpha value is -0.910. The van der Waals surface area contributed by atoms with E-state index in [1.165, 1.54) is 5.56 Å². The highest BCUT2D eigenvalue weighted by molar-refractivity contribution is 7.89. The Labute approximate surface area is 115 Å². The minimum atomic E-state index is -3.09. The van der Waals surface area contributed by atoms with Crippen molar-refractivity contribution in [3.63, 3.8) is 0 Å². The van der Waals surface area contributed by atoms with Gasteiger partial charge in [-0.1, -0.05) is 37.3 Å². The first kappa shape index (κ1) is 14.5. The van der Waals surface area contributed by atoms with Crippen LogP contribution in [0.4, 0.5) is 0 Å². The molecule has 1 aliphatic carbocycles. The summed E-state index contributed by atoms with van der Waals surface area (Å²) in [4.78, 5) is 0. The summed E-state index contributed by atoms with van der Waals surface area (Å²) in [5.74, 6) is 0.789. The van der Waals surface area contributed by atoms with Gasteiger partial charge in [-0.05, 0) is 24.3 Å². The van der Waals surface area contributed by atoms with Crippen molar-refractivity contribution in [2.24, 2.45) is 0 Å². The molecule has 1 aromatic carbocycles. The third-order valence-electron chi connectivity index (χ3n) is 3.58. The van der Waals surface area contributed by atoms with Crippen molar-refractivity contribution in [3.05, 3.63) is 35.9 Å². The SMILES string of the molecule is CCNS(=O)(=O)CCNC1CC(c2ccccc2)C1. The lowest BCUT2D eigenvalue weighted by Gasteiger charge is -2.36. The Bertz CT molecular complexity index is 481. The van der Waals surface area contributed by atoms with Crippen LogP contribution in [0.15, 0.2) is 30.3 Å². The number of hydrogen-bond acceptors (Lipinski definition) is 3. The average Bonchev–Trinajstić information content (AvgIpc) is 2.33. The lowest BCUT2D eigenvalue weighted by molar-refractivity contribution is 0.296. The second kappa shape index (κ2) is 6.50. The Kier molecular flexibility index (Phi) is 4.96. The fourth-order valence-electron chi connectivity index (χ4n) is 2.47. The molecule has 0 aliphatic heterocycles. The van der Waals surface area contributed by atoms with Crippen LogP contribution in [0, 0.1) is 0 Å². The van der Waals surface area contributed by atoms with Crippen LogP contribution >= 0.6 is 0 Å². The molecule has 1 fully saturated rings. The third-order valence-corrected chi connectivity index (χ3v) is 5.05. The summed E-state index contributed by atoms with van der Waals surface area (Å²) in [6, 6.07) is 11.0. The predicted molar refractivity (Wildman–Crippen MR) is 77.7 cm³/mol. The van der Waals surface area contributed by atoms with E-state index < -0.39 is 10.0 Å². The second-order valence-corrected chi connectivity index (χ2v) is 6.97. The molecule has 0 heterocycles. The van der Waals surface area contributed by atoms with Crippen LogP contribution in [0.2, 0.25) is 0 Å². The molecule has 0 unspecified atom stereocenters. The molecule has 0 aromatic heterocycles. The van der Waals surface area contributed by atoms with Gasteiger partial charge in [0.2, 0.25) is 10.0 Å². The minimum absolute atomic E-state index is 0.160. The Balaban J connectivity index is 1.66. The molecule has 0 spiro atoms. The van der Waals surface area contributed by atoms with Gasteiger partial charge in [-0.15, -0.1) is 0 Å². The van der Waals surface area contributed by atoms with Crippen LogP contribution < -0.4 is 10.0 Å². The number of hydrogen-bond donors (Lipinski definition) is 2. The van der Waals surface area contributed by atoms with E-state index in [2.05, 4.69) is 34.3 Å². The summed E-state index contributed by atoms with van der Waals surface area (Å²) < 4.78 is 25.4. The van der Waals surface area contributed by atoms with Gasteiger partial charge in [0, 0.05) is 19.1 Å². The van der Waals surface area contributed by atoms with Crippen molar-refractivity contribution in [2.75, 3.05) is 18.8 Å². The number of rotatable bonds is 7. The van der Waals surface area contributed by atoms with Crippen LogP contribution in [-0.4, -0.2) is 33.3 Å². The first-order valence-corrected chi connectivity index (χ1v) is 8.51. The minimum Gasteiger partial charge on any atom is -0.313 e. The normalized spacial score (nSPS) is 23.0. The van der Waals surface area contributed by atoms with Crippen molar-refractivity contribution < 1.29 is 8.42 Å². The molecule has 2 N–H and O–H groups in total. The monoisotopic (exact) mass is 282 g/mol. The van der Waals surface area contributed by atoms with Gasteiger partial charge in [0.1, 0.15) is 0 Å². The lowest BCUT2D eigenvalue weighted by atomic mass is 9.76. The van der Waals surface area contributed by atoms with Crippen LogP contribution in [0.5, 0.6) is 0 Å². The standard InChI is InChI=1S/C14H22N2O2S/c1-2-16-19(17,18)9-8-15-14-10-13(11-14)12-6-4-3-5-7-12/h3-7,13-16H,2,8-11H2,1H3. The van der Waals surface area contributed by atoms with E-state index in [4.69, 9.17) is 0 Å². The molecule has 1 saturated carbocycles. The van der Waals surface area contributed by atoms with E-state index in [1.807, 2.05) is 6.07 Å². The van der Waals surface area contributed by atoms with Crippen molar-refractivity contribution in [1.29, 1.82) is 0 Å². The van der Waals surface area contributed by atoms with Gasteiger partial charge in [0.25, 0.3) is 0 Å². The van der Waals surface area contributed by atoms with Gasteiger partial charge < -0.3 is 5.32 Å². The maximum Gasteiger partial charge on any atom is 0.212 e. The molecule has 5 heteroatoms. The molecule has 2 rings (SSSR count). The summed E-state index contributed by atoms with van der Waals surface area (Å²) in [5.41, 5.74) is 1.39. The third kappa shape index (κ3) is 4.30. The highest BCUT2D eigenvalue weighted by Gasteiger charge is 2.29. The maximum absolute atomic E-state index is 11.5. The molecule has 1 aliphatic rings. The van der Waals surface area contributed by atoms with Crippen LogP contribution in [-0.2, 0) is 10.0 Å². The van der Waals surface area contributed by atoms with E-state index in [-0.39, 0.29) is 5.75 Å². The molecular weight excluding hydrogens is 260 g/mol.